The number of hydrogen-bond donors (Lipinski definition) is 1. The van der Waals surface area contributed by atoms with E-state index in [1.165, 1.54) is 11.3 Å². The monoisotopic (exact) mass is 394 g/mol. The Morgan fingerprint density at radius 3 is 2.25 bits per heavy atom. The summed E-state index contributed by atoms with van der Waals surface area (Å²) in [6.07, 6.45) is 0. The molecule has 3 aromatic rings. The molecule has 0 aliphatic heterocycles. The molecule has 0 aliphatic rings. The molecule has 0 spiro atoms. The van der Waals surface area contributed by atoms with Crippen LogP contribution in [0.15, 0.2) is 42.5 Å². The van der Waals surface area contributed by atoms with E-state index in [-0.39, 0.29) is 18.3 Å². The highest BCUT2D eigenvalue weighted by molar-refractivity contribution is 7.17. The molecule has 1 aromatic heterocycles. The Bertz CT molecular complexity index is 1000. The Labute approximate surface area is 168 Å². The molecule has 0 bridgehead atoms. The van der Waals surface area contributed by atoms with Gasteiger partial charge in [-0.15, -0.1) is 11.3 Å². The van der Waals surface area contributed by atoms with Gasteiger partial charge in [0.1, 0.15) is 10.8 Å². The summed E-state index contributed by atoms with van der Waals surface area (Å²) in [5.74, 6) is 0.416. The number of carbonyl (C=O) groups excluding carboxylic acids is 2. The first-order valence-electron chi connectivity index (χ1n) is 8.93. The lowest BCUT2D eigenvalue weighted by Gasteiger charge is -2.12. The van der Waals surface area contributed by atoms with E-state index in [4.69, 9.17) is 4.74 Å². The molecule has 0 fully saturated rings. The summed E-state index contributed by atoms with van der Waals surface area (Å²) in [6.45, 7) is 7.23. The highest BCUT2D eigenvalue weighted by Gasteiger charge is 2.13. The molecular formula is C22H22N2O3S. The quantitative estimate of drug-likeness (QED) is 0.600. The molecule has 0 radical (unpaired) electrons. The third-order valence-electron chi connectivity index (χ3n) is 4.33. The highest BCUT2D eigenvalue weighted by atomic mass is 32.1. The van der Waals surface area contributed by atoms with Gasteiger partial charge < -0.3 is 10.1 Å². The lowest BCUT2D eigenvalue weighted by molar-refractivity contribution is -0.118. The number of ether oxygens (including phenoxy) is 1. The van der Waals surface area contributed by atoms with Crippen molar-refractivity contribution < 1.29 is 14.3 Å². The third kappa shape index (κ3) is 4.46. The van der Waals surface area contributed by atoms with Crippen LogP contribution in [0.4, 0.5) is 5.69 Å². The summed E-state index contributed by atoms with van der Waals surface area (Å²) in [7, 11) is 0. The number of aryl methyl sites for hydroxylation is 3. The van der Waals surface area contributed by atoms with Gasteiger partial charge in [0.25, 0.3) is 5.91 Å². The summed E-state index contributed by atoms with van der Waals surface area (Å²) >= 11 is 1.38. The van der Waals surface area contributed by atoms with E-state index in [9.17, 15) is 9.59 Å². The lowest BCUT2D eigenvalue weighted by atomic mass is 10.1. The number of carbonyl (C=O) groups is 2. The molecule has 2 aromatic carbocycles. The van der Waals surface area contributed by atoms with E-state index < -0.39 is 0 Å². The summed E-state index contributed by atoms with van der Waals surface area (Å²) in [5, 5.41) is 3.69. The van der Waals surface area contributed by atoms with E-state index in [1.807, 2.05) is 51.1 Å². The Morgan fingerprint density at radius 1 is 1.04 bits per heavy atom. The van der Waals surface area contributed by atoms with Gasteiger partial charge in [-0.05, 0) is 56.2 Å². The van der Waals surface area contributed by atoms with Crippen LogP contribution in [0, 0.1) is 20.8 Å². The third-order valence-corrected chi connectivity index (χ3v) is 5.64. The topological polar surface area (TPSA) is 68.3 Å². The van der Waals surface area contributed by atoms with E-state index in [2.05, 4.69) is 10.3 Å². The van der Waals surface area contributed by atoms with E-state index in [1.54, 1.807) is 19.1 Å². The Morgan fingerprint density at radius 2 is 1.68 bits per heavy atom. The maximum atomic E-state index is 12.2. The number of nitrogens with one attached hydrogen (secondary N) is 1. The standard InChI is InChI=1S/C22H22N2O3S/c1-13-6-5-7-14(2)20(13)24-19(26)12-27-18-10-8-17(9-11-18)22-23-15(3)21(28-22)16(4)25/h5-11H,12H2,1-4H3,(H,24,26). The van der Waals surface area contributed by atoms with Crippen LogP contribution in [0.3, 0.4) is 0 Å². The predicted octanol–water partition coefficient (Wildman–Crippen LogP) is 4.96. The average Bonchev–Trinajstić information content (AvgIpc) is 3.05. The van der Waals surface area contributed by atoms with Crippen molar-refractivity contribution >= 4 is 28.7 Å². The molecule has 0 aliphatic carbocycles. The number of hydrogen-bond acceptors (Lipinski definition) is 5. The van der Waals surface area contributed by atoms with Crippen LogP contribution in [0.5, 0.6) is 5.75 Å². The first-order chi connectivity index (χ1) is 13.3. The SMILES string of the molecule is CC(=O)c1sc(-c2ccc(OCC(=O)Nc3c(C)cccc3C)cc2)nc1C. The molecule has 0 unspecified atom stereocenters. The van der Waals surface area contributed by atoms with Gasteiger partial charge in [-0.2, -0.15) is 0 Å². The van der Waals surface area contributed by atoms with Crippen molar-refractivity contribution in [1.82, 2.24) is 4.98 Å². The van der Waals surface area contributed by atoms with Crippen molar-refractivity contribution in [2.45, 2.75) is 27.7 Å². The Kier molecular flexibility index (Phi) is 5.90. The summed E-state index contributed by atoms with van der Waals surface area (Å²) in [5.41, 5.74) is 4.51. The predicted molar refractivity (Wildman–Crippen MR) is 112 cm³/mol. The van der Waals surface area contributed by atoms with Gasteiger partial charge in [-0.25, -0.2) is 4.98 Å². The van der Waals surface area contributed by atoms with E-state index in [0.717, 1.165) is 33.1 Å². The largest absolute Gasteiger partial charge is 0.484 e. The van der Waals surface area contributed by atoms with Crippen LogP contribution in [0.2, 0.25) is 0 Å². The number of rotatable bonds is 6. The zero-order valence-corrected chi connectivity index (χ0v) is 17.1. The second-order valence-electron chi connectivity index (χ2n) is 6.62. The number of ketones is 1. The van der Waals surface area contributed by atoms with Crippen LogP contribution in [0.25, 0.3) is 10.6 Å². The fourth-order valence-corrected chi connectivity index (χ4v) is 3.84. The molecule has 1 N–H and O–H groups in total. The molecule has 0 atom stereocenters. The average molecular weight is 394 g/mol. The van der Waals surface area contributed by atoms with Gasteiger partial charge >= 0.3 is 0 Å². The van der Waals surface area contributed by atoms with E-state index in [0.29, 0.717) is 10.6 Å². The number of thiazole rings is 1. The number of amides is 1. The molecule has 1 heterocycles. The highest BCUT2D eigenvalue weighted by Crippen LogP contribution is 2.29. The molecule has 5 nitrogen and oxygen atoms in total. The smallest absolute Gasteiger partial charge is 0.262 e. The minimum atomic E-state index is -0.205. The maximum absolute atomic E-state index is 12.2. The number of Topliss-reactive ketones (excluding diaryl/α,β-unsaturated/α-hetero) is 1. The molecule has 0 saturated heterocycles. The minimum Gasteiger partial charge on any atom is -0.484 e. The first kappa shape index (κ1) is 19.8. The van der Waals surface area contributed by atoms with E-state index >= 15 is 0 Å². The number of anilines is 1. The van der Waals surface area contributed by atoms with Gasteiger partial charge in [0.2, 0.25) is 0 Å². The zero-order chi connectivity index (χ0) is 20.3. The van der Waals surface area contributed by atoms with Crippen LogP contribution in [-0.2, 0) is 4.79 Å². The van der Waals surface area contributed by atoms with Crippen LogP contribution in [-0.4, -0.2) is 23.3 Å². The van der Waals surface area contributed by atoms with Crippen molar-refractivity contribution in [2.24, 2.45) is 0 Å². The van der Waals surface area contributed by atoms with Gasteiger partial charge in [-0.1, -0.05) is 18.2 Å². The number of benzene rings is 2. The van der Waals surface area contributed by atoms with Gasteiger partial charge in [0, 0.05) is 18.2 Å². The summed E-state index contributed by atoms with van der Waals surface area (Å²) in [6, 6.07) is 13.2. The number of aromatic nitrogens is 1. The number of nitrogens with zero attached hydrogens (tertiary/aromatic N) is 1. The van der Waals surface area contributed by atoms with Gasteiger partial charge in [0.05, 0.1) is 10.6 Å². The van der Waals surface area contributed by atoms with Crippen molar-refractivity contribution in [3.8, 4) is 16.3 Å². The second-order valence-corrected chi connectivity index (χ2v) is 7.62. The van der Waals surface area contributed by atoms with Crippen molar-refractivity contribution in [2.75, 3.05) is 11.9 Å². The molecule has 1 amide bonds. The van der Waals surface area contributed by atoms with Crippen molar-refractivity contribution in [3.05, 3.63) is 64.2 Å². The first-order valence-corrected chi connectivity index (χ1v) is 9.74. The molecule has 0 saturated carbocycles. The molecule has 28 heavy (non-hydrogen) atoms. The minimum absolute atomic E-state index is 0.0242. The zero-order valence-electron chi connectivity index (χ0n) is 16.3. The summed E-state index contributed by atoms with van der Waals surface area (Å²) < 4.78 is 5.59. The second kappa shape index (κ2) is 8.35. The lowest BCUT2D eigenvalue weighted by Crippen LogP contribution is -2.21. The molecular weight excluding hydrogens is 372 g/mol. The van der Waals surface area contributed by atoms with Crippen LogP contribution < -0.4 is 10.1 Å². The summed E-state index contributed by atoms with van der Waals surface area (Å²) in [4.78, 5) is 28.9. The Hall–Kier alpha value is -2.99. The Balaban J connectivity index is 1.62. The van der Waals surface area contributed by atoms with Gasteiger partial charge in [-0.3, -0.25) is 9.59 Å². The number of para-hydroxylation sites is 1. The normalized spacial score (nSPS) is 10.6. The maximum Gasteiger partial charge on any atom is 0.262 e. The molecule has 144 valence electrons. The van der Waals surface area contributed by atoms with Crippen molar-refractivity contribution in [1.29, 1.82) is 0 Å². The molecule has 6 heteroatoms. The van der Waals surface area contributed by atoms with Crippen molar-refractivity contribution in [3.63, 3.8) is 0 Å². The van der Waals surface area contributed by atoms with Crippen LogP contribution in [0.1, 0.15) is 33.4 Å². The van der Waals surface area contributed by atoms with Crippen LogP contribution >= 0.6 is 11.3 Å². The molecule has 3 rings (SSSR count). The fraction of sp³-hybridized carbons (Fsp3) is 0.227. The van der Waals surface area contributed by atoms with Gasteiger partial charge in [0.15, 0.2) is 12.4 Å². The fourth-order valence-electron chi connectivity index (χ4n) is 2.88.